The molecule has 6 nitrogen and oxygen atoms in total. The lowest BCUT2D eigenvalue weighted by atomic mass is 10.2. The van der Waals surface area contributed by atoms with Gasteiger partial charge in [0.1, 0.15) is 17.6 Å². The molecule has 0 unspecified atom stereocenters. The second-order valence-corrected chi connectivity index (χ2v) is 5.19. The van der Waals surface area contributed by atoms with Gasteiger partial charge in [0.25, 0.3) is 5.91 Å². The van der Waals surface area contributed by atoms with Gasteiger partial charge in [-0.3, -0.25) is 4.79 Å². The molecule has 0 fully saturated rings. The van der Waals surface area contributed by atoms with Crippen molar-refractivity contribution in [2.24, 2.45) is 0 Å². The first-order valence-electron chi connectivity index (χ1n) is 7.01. The predicted molar refractivity (Wildman–Crippen MR) is 87.7 cm³/mol. The predicted octanol–water partition coefficient (Wildman–Crippen LogP) is 2.91. The highest BCUT2D eigenvalue weighted by atomic mass is 35.5. The summed E-state index contributed by atoms with van der Waals surface area (Å²) in [4.78, 5) is 23.3. The zero-order chi connectivity index (χ0) is 18.2. The fourth-order valence-electron chi connectivity index (χ4n) is 1.79. The molecule has 25 heavy (non-hydrogen) atoms. The molecule has 0 atom stereocenters. The van der Waals surface area contributed by atoms with E-state index in [9.17, 15) is 14.0 Å². The van der Waals surface area contributed by atoms with E-state index >= 15 is 0 Å². The van der Waals surface area contributed by atoms with Crippen molar-refractivity contribution in [3.8, 4) is 11.8 Å². The molecule has 2 rings (SSSR count). The Morgan fingerprint density at radius 1 is 1.20 bits per heavy atom. The lowest BCUT2D eigenvalue weighted by molar-refractivity contribution is -0.149. The van der Waals surface area contributed by atoms with Gasteiger partial charge in [0, 0.05) is 11.1 Å². The van der Waals surface area contributed by atoms with E-state index in [4.69, 9.17) is 26.3 Å². The number of benzene rings is 2. The third-order valence-corrected chi connectivity index (χ3v) is 3.13. The summed E-state index contributed by atoms with van der Waals surface area (Å²) in [6.45, 7) is -1.04. The van der Waals surface area contributed by atoms with Crippen molar-refractivity contribution in [3.05, 3.63) is 58.9 Å². The summed E-state index contributed by atoms with van der Waals surface area (Å²) in [6.07, 6.45) is 0. The first-order chi connectivity index (χ1) is 12.0. The molecule has 0 aliphatic heterocycles. The third kappa shape index (κ3) is 5.79. The monoisotopic (exact) mass is 362 g/mol. The summed E-state index contributed by atoms with van der Waals surface area (Å²) in [5, 5.41) is 11.7. The summed E-state index contributed by atoms with van der Waals surface area (Å²) < 4.78 is 22.8. The van der Waals surface area contributed by atoms with Gasteiger partial charge in [-0.25, -0.2) is 9.18 Å². The van der Waals surface area contributed by atoms with Crippen LogP contribution in [-0.4, -0.2) is 25.1 Å². The smallest absolute Gasteiger partial charge is 0.344 e. The number of nitrogens with zero attached hydrogens (tertiary/aromatic N) is 1. The van der Waals surface area contributed by atoms with Crippen molar-refractivity contribution in [2.75, 3.05) is 18.5 Å². The van der Waals surface area contributed by atoms with Crippen LogP contribution in [-0.2, 0) is 14.3 Å². The number of anilines is 1. The van der Waals surface area contributed by atoms with Crippen molar-refractivity contribution >= 4 is 29.2 Å². The highest BCUT2D eigenvalue weighted by molar-refractivity contribution is 6.31. The van der Waals surface area contributed by atoms with E-state index in [1.54, 1.807) is 0 Å². The molecule has 1 amide bonds. The van der Waals surface area contributed by atoms with Crippen LogP contribution in [0.15, 0.2) is 42.5 Å². The van der Waals surface area contributed by atoms with Crippen LogP contribution in [0, 0.1) is 17.1 Å². The van der Waals surface area contributed by atoms with Crippen molar-refractivity contribution in [1.29, 1.82) is 5.26 Å². The zero-order valence-corrected chi connectivity index (χ0v) is 13.5. The van der Waals surface area contributed by atoms with Gasteiger partial charge in [0.05, 0.1) is 11.3 Å². The minimum atomic E-state index is -0.800. The molecule has 0 radical (unpaired) electrons. The van der Waals surface area contributed by atoms with Gasteiger partial charge < -0.3 is 14.8 Å². The van der Waals surface area contributed by atoms with Crippen LogP contribution >= 0.6 is 11.6 Å². The molecule has 0 saturated carbocycles. The molecule has 128 valence electrons. The minimum Gasteiger partial charge on any atom is -0.482 e. The number of hydrogen-bond donors (Lipinski definition) is 1. The summed E-state index contributed by atoms with van der Waals surface area (Å²) in [5.74, 6) is -1.78. The normalized spacial score (nSPS) is 9.80. The largest absolute Gasteiger partial charge is 0.482 e. The summed E-state index contributed by atoms with van der Waals surface area (Å²) in [6, 6.07) is 11.5. The molecule has 0 aliphatic carbocycles. The van der Waals surface area contributed by atoms with Gasteiger partial charge in [-0.05, 0) is 30.3 Å². The number of ether oxygens (including phenoxy) is 2. The minimum absolute atomic E-state index is 0.166. The van der Waals surface area contributed by atoms with Crippen molar-refractivity contribution in [1.82, 2.24) is 0 Å². The summed E-state index contributed by atoms with van der Waals surface area (Å²) >= 11 is 5.81. The first kappa shape index (κ1) is 18.2. The van der Waals surface area contributed by atoms with Gasteiger partial charge in [-0.15, -0.1) is 0 Å². The molecular weight excluding hydrogens is 351 g/mol. The molecule has 0 aromatic heterocycles. The van der Waals surface area contributed by atoms with E-state index in [0.717, 1.165) is 6.07 Å². The van der Waals surface area contributed by atoms with Gasteiger partial charge in [0.2, 0.25) is 0 Å². The number of halogens is 2. The number of amides is 1. The number of rotatable bonds is 6. The maximum Gasteiger partial charge on any atom is 0.344 e. The van der Waals surface area contributed by atoms with Crippen LogP contribution in [0.4, 0.5) is 10.1 Å². The van der Waals surface area contributed by atoms with Crippen LogP contribution < -0.4 is 10.1 Å². The van der Waals surface area contributed by atoms with Crippen LogP contribution in [0.2, 0.25) is 5.02 Å². The number of carbonyl (C=O) groups excluding carboxylic acids is 2. The fourth-order valence-corrected chi connectivity index (χ4v) is 1.96. The van der Waals surface area contributed by atoms with E-state index in [1.165, 1.54) is 36.4 Å². The molecule has 0 bridgehead atoms. The summed E-state index contributed by atoms with van der Waals surface area (Å²) in [5.41, 5.74) is 0.436. The van der Waals surface area contributed by atoms with Crippen molar-refractivity contribution in [3.63, 3.8) is 0 Å². The molecule has 8 heteroatoms. The Morgan fingerprint density at radius 2 is 2.00 bits per heavy atom. The molecule has 0 aliphatic rings. The zero-order valence-electron chi connectivity index (χ0n) is 12.8. The van der Waals surface area contributed by atoms with E-state index in [1.807, 2.05) is 6.07 Å². The Morgan fingerprint density at radius 3 is 2.72 bits per heavy atom. The Kier molecular flexibility index (Phi) is 6.32. The SMILES string of the molecule is N#Cc1ccc(Cl)cc1NC(=O)COC(=O)COc1cccc(F)c1. The molecule has 2 aromatic rings. The third-order valence-electron chi connectivity index (χ3n) is 2.89. The van der Waals surface area contributed by atoms with Crippen molar-refractivity contribution in [2.45, 2.75) is 0 Å². The quantitative estimate of drug-likeness (QED) is 0.798. The Balaban J connectivity index is 1.81. The summed E-state index contributed by atoms with van der Waals surface area (Å²) in [7, 11) is 0. The highest BCUT2D eigenvalue weighted by Gasteiger charge is 2.11. The fraction of sp³-hybridized carbons (Fsp3) is 0.118. The van der Waals surface area contributed by atoms with Crippen LogP contribution in [0.3, 0.4) is 0 Å². The molecule has 0 heterocycles. The second kappa shape index (κ2) is 8.66. The van der Waals surface area contributed by atoms with Gasteiger partial charge in [-0.1, -0.05) is 17.7 Å². The van der Waals surface area contributed by atoms with E-state index in [0.29, 0.717) is 5.02 Å². The number of hydrogen-bond acceptors (Lipinski definition) is 5. The van der Waals surface area contributed by atoms with Crippen LogP contribution in [0.25, 0.3) is 0 Å². The van der Waals surface area contributed by atoms with Gasteiger partial charge >= 0.3 is 5.97 Å². The number of carbonyl (C=O) groups is 2. The lowest BCUT2D eigenvalue weighted by Gasteiger charge is -2.09. The van der Waals surface area contributed by atoms with Crippen LogP contribution in [0.5, 0.6) is 5.75 Å². The van der Waals surface area contributed by atoms with E-state index in [2.05, 4.69) is 5.32 Å². The lowest BCUT2D eigenvalue weighted by Crippen LogP contribution is -2.24. The second-order valence-electron chi connectivity index (χ2n) is 4.76. The average Bonchev–Trinajstić information content (AvgIpc) is 2.58. The molecule has 0 spiro atoms. The average molecular weight is 363 g/mol. The standard InChI is InChI=1S/C17H12ClFN2O4/c18-12-5-4-11(8-20)15(6-12)21-16(22)9-25-17(23)10-24-14-3-1-2-13(19)7-14/h1-7H,9-10H2,(H,21,22). The molecular formula is C17H12ClFN2O4. The number of nitriles is 1. The Bertz CT molecular complexity index is 836. The van der Waals surface area contributed by atoms with E-state index in [-0.39, 0.29) is 17.0 Å². The van der Waals surface area contributed by atoms with E-state index < -0.39 is 30.9 Å². The van der Waals surface area contributed by atoms with Crippen LogP contribution in [0.1, 0.15) is 5.56 Å². The number of nitrogens with one attached hydrogen (secondary N) is 1. The van der Waals surface area contributed by atoms with Crippen molar-refractivity contribution < 1.29 is 23.5 Å². The Hall–Kier alpha value is -3.11. The molecule has 1 N–H and O–H groups in total. The topological polar surface area (TPSA) is 88.4 Å². The maximum atomic E-state index is 13.0. The van der Waals surface area contributed by atoms with Gasteiger partial charge in [-0.2, -0.15) is 5.26 Å². The maximum absolute atomic E-state index is 13.0. The molecule has 2 aromatic carbocycles. The first-order valence-corrected chi connectivity index (χ1v) is 7.39. The Labute approximate surface area is 147 Å². The van der Waals surface area contributed by atoms with Gasteiger partial charge in [0.15, 0.2) is 13.2 Å². The number of esters is 1. The highest BCUT2D eigenvalue weighted by Crippen LogP contribution is 2.20. The molecule has 0 saturated heterocycles.